The molecule has 0 saturated carbocycles. The summed E-state index contributed by atoms with van der Waals surface area (Å²) in [5, 5.41) is 0. The van der Waals surface area contributed by atoms with E-state index in [0.29, 0.717) is 26.6 Å². The van der Waals surface area contributed by atoms with Crippen LogP contribution in [-0.2, 0) is 0 Å². The summed E-state index contributed by atoms with van der Waals surface area (Å²) >= 11 is 6.33. The number of aryl methyl sites for hydroxylation is 1. The first-order valence-corrected chi connectivity index (χ1v) is 6.32. The summed E-state index contributed by atoms with van der Waals surface area (Å²) in [6, 6.07) is 4.86. The first-order chi connectivity index (χ1) is 8.04. The monoisotopic (exact) mass is 360 g/mol. The third-order valence-electron chi connectivity index (χ3n) is 2.35. The molecule has 5 heteroatoms. The van der Waals surface area contributed by atoms with E-state index in [9.17, 15) is 9.18 Å². The number of carbonyl (C=O) groups is 1. The van der Waals surface area contributed by atoms with Crippen molar-refractivity contribution in [3.8, 4) is 11.3 Å². The van der Waals surface area contributed by atoms with Gasteiger partial charge in [-0.3, -0.25) is 4.79 Å². The molecule has 2 aromatic rings. The second-order valence-electron chi connectivity index (χ2n) is 3.50. The van der Waals surface area contributed by atoms with Crippen LogP contribution in [0.4, 0.5) is 4.39 Å². The van der Waals surface area contributed by atoms with Crippen LogP contribution in [-0.4, -0.2) is 6.29 Å². The lowest BCUT2D eigenvalue weighted by atomic mass is 10.1. The Balaban J connectivity index is 2.66. The Morgan fingerprint density at radius 3 is 2.65 bits per heavy atom. The number of rotatable bonds is 2. The molecule has 0 aliphatic carbocycles. The van der Waals surface area contributed by atoms with E-state index in [1.54, 1.807) is 18.2 Å². The molecule has 0 unspecified atom stereocenters. The van der Waals surface area contributed by atoms with Crippen LogP contribution in [0.2, 0.25) is 0 Å². The van der Waals surface area contributed by atoms with Gasteiger partial charge in [-0.2, -0.15) is 0 Å². The average Bonchev–Trinajstić information content (AvgIpc) is 2.74. The van der Waals surface area contributed by atoms with E-state index < -0.39 is 5.82 Å². The van der Waals surface area contributed by atoms with Gasteiger partial charge in [0.2, 0.25) is 0 Å². The Labute approximate surface area is 114 Å². The van der Waals surface area contributed by atoms with E-state index in [4.69, 9.17) is 4.42 Å². The summed E-state index contributed by atoms with van der Waals surface area (Å²) in [5.74, 6) is 0.284. The highest BCUT2D eigenvalue weighted by Gasteiger charge is 2.17. The smallest absolute Gasteiger partial charge is 0.185 e. The van der Waals surface area contributed by atoms with Gasteiger partial charge >= 0.3 is 0 Å². The molecule has 0 atom stereocenters. The molecule has 1 heterocycles. The molecule has 17 heavy (non-hydrogen) atoms. The molecular formula is C12H7Br2FO2. The molecule has 0 radical (unpaired) electrons. The number of furan rings is 1. The second kappa shape index (κ2) is 4.74. The summed E-state index contributed by atoms with van der Waals surface area (Å²) in [6.45, 7) is 1.84. The fraction of sp³-hybridized carbons (Fsp3) is 0.0833. The molecule has 1 aromatic carbocycles. The highest BCUT2D eigenvalue weighted by Crippen LogP contribution is 2.37. The normalized spacial score (nSPS) is 10.6. The third kappa shape index (κ3) is 2.21. The van der Waals surface area contributed by atoms with Crippen molar-refractivity contribution in [2.75, 3.05) is 0 Å². The minimum Gasteiger partial charge on any atom is -0.453 e. The molecule has 0 bridgehead atoms. The zero-order valence-electron chi connectivity index (χ0n) is 8.76. The lowest BCUT2D eigenvalue weighted by Gasteiger charge is -2.08. The largest absolute Gasteiger partial charge is 0.453 e. The minimum atomic E-state index is -0.394. The lowest BCUT2D eigenvalue weighted by molar-refractivity contribution is 0.110. The van der Waals surface area contributed by atoms with Gasteiger partial charge in [-0.15, -0.1) is 0 Å². The van der Waals surface area contributed by atoms with Crippen molar-refractivity contribution in [3.05, 3.63) is 44.3 Å². The van der Waals surface area contributed by atoms with E-state index in [0.717, 1.165) is 5.56 Å². The molecule has 1 aromatic heterocycles. The Morgan fingerprint density at radius 1 is 1.35 bits per heavy atom. The molecule has 0 aliphatic rings. The maximum atomic E-state index is 13.7. The quantitative estimate of drug-likeness (QED) is 0.571. The van der Waals surface area contributed by atoms with Gasteiger partial charge in [-0.25, -0.2) is 4.39 Å². The van der Waals surface area contributed by atoms with Crippen molar-refractivity contribution in [2.45, 2.75) is 6.92 Å². The van der Waals surface area contributed by atoms with Gasteiger partial charge in [0, 0.05) is 5.56 Å². The van der Waals surface area contributed by atoms with Crippen molar-refractivity contribution >= 4 is 38.1 Å². The molecule has 2 nitrogen and oxygen atoms in total. The first kappa shape index (κ1) is 12.5. The topological polar surface area (TPSA) is 30.2 Å². The lowest BCUT2D eigenvalue weighted by Crippen LogP contribution is -1.89. The molecule has 2 rings (SSSR count). The summed E-state index contributed by atoms with van der Waals surface area (Å²) in [7, 11) is 0. The predicted molar refractivity (Wildman–Crippen MR) is 69.6 cm³/mol. The van der Waals surface area contributed by atoms with Crippen LogP contribution in [0.1, 0.15) is 16.1 Å². The van der Waals surface area contributed by atoms with Gasteiger partial charge in [0.15, 0.2) is 17.9 Å². The molecule has 0 spiro atoms. The number of carbonyl (C=O) groups excluding carboxylic acids is 1. The van der Waals surface area contributed by atoms with E-state index in [-0.39, 0.29) is 5.76 Å². The summed E-state index contributed by atoms with van der Waals surface area (Å²) in [6.07, 6.45) is 0.613. The molecule has 0 fully saturated rings. The van der Waals surface area contributed by atoms with Gasteiger partial charge in [0.1, 0.15) is 5.76 Å². The second-order valence-corrected chi connectivity index (χ2v) is 5.15. The van der Waals surface area contributed by atoms with Crippen LogP contribution in [0.3, 0.4) is 0 Å². The number of hydrogen-bond donors (Lipinski definition) is 0. The summed E-state index contributed by atoms with van der Waals surface area (Å²) in [5.41, 5.74) is 1.45. The van der Waals surface area contributed by atoms with Crippen LogP contribution in [0.5, 0.6) is 0 Å². The molecule has 0 amide bonds. The van der Waals surface area contributed by atoms with E-state index in [1.165, 1.54) is 0 Å². The summed E-state index contributed by atoms with van der Waals surface area (Å²) in [4.78, 5) is 10.6. The average molecular weight is 362 g/mol. The van der Waals surface area contributed by atoms with Gasteiger partial charge in [0.05, 0.1) is 8.95 Å². The Bertz CT molecular complexity index is 590. The molecule has 88 valence electrons. The zero-order chi connectivity index (χ0) is 12.6. The van der Waals surface area contributed by atoms with E-state index in [2.05, 4.69) is 31.9 Å². The Kier molecular flexibility index (Phi) is 3.49. The highest BCUT2D eigenvalue weighted by atomic mass is 79.9. The maximum absolute atomic E-state index is 13.7. The SMILES string of the molecule is Cc1cc(Br)c(F)c(Br)c1-c1ccc(C=O)o1. The Hall–Kier alpha value is -0.940. The third-order valence-corrected chi connectivity index (χ3v) is 3.67. The highest BCUT2D eigenvalue weighted by molar-refractivity contribution is 9.11. The van der Waals surface area contributed by atoms with Gasteiger partial charge in [-0.1, -0.05) is 0 Å². The first-order valence-electron chi connectivity index (χ1n) is 4.74. The van der Waals surface area contributed by atoms with Crippen LogP contribution in [0.25, 0.3) is 11.3 Å². The molecular weight excluding hydrogens is 355 g/mol. The van der Waals surface area contributed by atoms with Crippen molar-refractivity contribution in [2.24, 2.45) is 0 Å². The predicted octanol–water partition coefficient (Wildman–Crippen LogP) is 4.73. The van der Waals surface area contributed by atoms with E-state index >= 15 is 0 Å². The zero-order valence-corrected chi connectivity index (χ0v) is 11.9. The van der Waals surface area contributed by atoms with Crippen molar-refractivity contribution < 1.29 is 13.6 Å². The van der Waals surface area contributed by atoms with Crippen LogP contribution in [0, 0.1) is 12.7 Å². The van der Waals surface area contributed by atoms with Crippen LogP contribution < -0.4 is 0 Å². The number of aldehydes is 1. The number of benzene rings is 1. The van der Waals surface area contributed by atoms with Crippen LogP contribution >= 0.6 is 31.9 Å². The van der Waals surface area contributed by atoms with Gasteiger partial charge in [0.25, 0.3) is 0 Å². The van der Waals surface area contributed by atoms with E-state index in [1.807, 2.05) is 6.92 Å². The number of halogens is 3. The van der Waals surface area contributed by atoms with Crippen molar-refractivity contribution in [1.29, 1.82) is 0 Å². The molecule has 0 aliphatic heterocycles. The summed E-state index contributed by atoms with van der Waals surface area (Å²) < 4.78 is 19.7. The standard InChI is InChI=1S/C12H7Br2FO2/c1-6-4-8(13)12(15)11(14)10(6)9-3-2-7(5-16)17-9/h2-5H,1H3. The van der Waals surface area contributed by atoms with Crippen molar-refractivity contribution in [3.63, 3.8) is 0 Å². The molecule has 0 N–H and O–H groups in total. The van der Waals surface area contributed by atoms with Crippen molar-refractivity contribution in [1.82, 2.24) is 0 Å². The fourth-order valence-electron chi connectivity index (χ4n) is 1.57. The minimum absolute atomic E-state index is 0.217. The van der Waals surface area contributed by atoms with Crippen LogP contribution in [0.15, 0.2) is 31.6 Å². The van der Waals surface area contributed by atoms with Gasteiger partial charge in [-0.05, 0) is 62.5 Å². The number of hydrogen-bond acceptors (Lipinski definition) is 2. The van der Waals surface area contributed by atoms with Gasteiger partial charge < -0.3 is 4.42 Å². The fourth-order valence-corrected chi connectivity index (χ4v) is 3.10. The Morgan fingerprint density at radius 2 is 2.06 bits per heavy atom. The maximum Gasteiger partial charge on any atom is 0.185 e. The molecule has 0 saturated heterocycles.